The second-order valence-electron chi connectivity index (χ2n) is 10.2. The molecule has 2 N–H and O–H groups in total. The number of ether oxygens (including phenoxy) is 1. The predicted octanol–water partition coefficient (Wildman–Crippen LogP) is 3.93. The van der Waals surface area contributed by atoms with Crippen LogP contribution < -0.4 is 11.2 Å². The summed E-state index contributed by atoms with van der Waals surface area (Å²) in [4.78, 5) is 26.7. The van der Waals surface area contributed by atoms with Crippen LogP contribution in [-0.4, -0.2) is 41.3 Å². The predicted molar refractivity (Wildman–Crippen MR) is 133 cm³/mol. The highest BCUT2D eigenvalue weighted by atomic mass is 28.4. The third-order valence-electron chi connectivity index (χ3n) is 7.08. The summed E-state index contributed by atoms with van der Waals surface area (Å²) in [6.07, 6.45) is 4.73. The smallest absolute Gasteiger partial charge is 0.330 e. The maximum atomic E-state index is 12.7. The first kappa shape index (κ1) is 25.4. The molecule has 1 aromatic heterocycles. The van der Waals surface area contributed by atoms with Gasteiger partial charge in [-0.05, 0) is 30.1 Å². The lowest BCUT2D eigenvalue weighted by molar-refractivity contribution is -0.127. The summed E-state index contributed by atoms with van der Waals surface area (Å²) in [5, 5.41) is 10.5. The van der Waals surface area contributed by atoms with Crippen molar-refractivity contribution in [1.82, 2.24) is 9.55 Å². The molecule has 0 spiro atoms. The Morgan fingerprint density at radius 3 is 2.42 bits per heavy atom. The Hall–Kier alpha value is -2.26. The van der Waals surface area contributed by atoms with E-state index in [1.165, 1.54) is 16.8 Å². The van der Waals surface area contributed by atoms with Crippen molar-refractivity contribution in [3.63, 3.8) is 0 Å². The Morgan fingerprint density at radius 1 is 1.21 bits per heavy atom. The largest absolute Gasteiger partial charge is 0.410 e. The Labute approximate surface area is 196 Å². The molecule has 2 aromatic rings. The van der Waals surface area contributed by atoms with E-state index in [9.17, 15) is 14.7 Å². The first-order valence-electron chi connectivity index (χ1n) is 11.5. The molecule has 3 rings (SSSR count). The maximum Gasteiger partial charge on any atom is 0.330 e. The van der Waals surface area contributed by atoms with E-state index in [2.05, 4.69) is 38.8 Å². The zero-order valence-electron chi connectivity index (χ0n) is 20.4. The number of aromatic amines is 1. The van der Waals surface area contributed by atoms with Crippen molar-refractivity contribution < 1.29 is 14.3 Å². The number of aliphatic hydroxyl groups is 1. The topological polar surface area (TPSA) is 93.5 Å². The maximum absolute atomic E-state index is 12.7. The minimum absolute atomic E-state index is 0.0530. The molecule has 0 aliphatic carbocycles. The molecule has 1 unspecified atom stereocenters. The van der Waals surface area contributed by atoms with Gasteiger partial charge >= 0.3 is 5.69 Å². The van der Waals surface area contributed by atoms with Crippen molar-refractivity contribution in [3.05, 3.63) is 75.1 Å². The van der Waals surface area contributed by atoms with Gasteiger partial charge in [0.05, 0.1) is 18.6 Å². The number of aromatic nitrogens is 2. The minimum atomic E-state index is -2.26. The van der Waals surface area contributed by atoms with Gasteiger partial charge in [0.15, 0.2) is 8.32 Å². The summed E-state index contributed by atoms with van der Waals surface area (Å²) in [5.74, 6) is -0.366. The van der Waals surface area contributed by atoms with Gasteiger partial charge < -0.3 is 14.3 Å². The highest BCUT2D eigenvalue weighted by Gasteiger charge is 2.57. The van der Waals surface area contributed by atoms with E-state index in [0.29, 0.717) is 6.42 Å². The van der Waals surface area contributed by atoms with Crippen molar-refractivity contribution in [3.8, 4) is 0 Å². The van der Waals surface area contributed by atoms with Gasteiger partial charge in [0, 0.05) is 12.3 Å². The normalized spacial score (nSPS) is 26.2. The Balaban J connectivity index is 2.15. The van der Waals surface area contributed by atoms with Crippen LogP contribution in [0.5, 0.6) is 0 Å². The Morgan fingerprint density at radius 2 is 1.88 bits per heavy atom. The van der Waals surface area contributed by atoms with Gasteiger partial charge in [-0.2, -0.15) is 0 Å². The van der Waals surface area contributed by atoms with Crippen LogP contribution in [0.3, 0.4) is 0 Å². The molecule has 1 saturated heterocycles. The third-order valence-corrected chi connectivity index (χ3v) is 11.5. The van der Waals surface area contributed by atoms with E-state index in [1.807, 2.05) is 49.4 Å². The molecule has 0 saturated carbocycles. The molecule has 1 fully saturated rings. The fourth-order valence-corrected chi connectivity index (χ4v) is 5.30. The lowest BCUT2D eigenvalue weighted by Gasteiger charge is -2.43. The van der Waals surface area contributed by atoms with Gasteiger partial charge in [0.1, 0.15) is 11.8 Å². The quantitative estimate of drug-likeness (QED) is 0.596. The minimum Gasteiger partial charge on any atom is -0.410 e. The molecule has 1 aromatic carbocycles. The first-order valence-corrected chi connectivity index (χ1v) is 14.4. The summed E-state index contributed by atoms with van der Waals surface area (Å²) in [5.41, 5.74) is -0.999. The molecule has 4 atom stereocenters. The summed E-state index contributed by atoms with van der Waals surface area (Å²) in [6, 6.07) is 11.2. The fourth-order valence-electron chi connectivity index (χ4n) is 3.94. The van der Waals surface area contributed by atoms with Crippen LogP contribution in [0, 0.1) is 5.92 Å². The van der Waals surface area contributed by atoms with E-state index >= 15 is 0 Å². The Bertz CT molecular complexity index is 1080. The van der Waals surface area contributed by atoms with Gasteiger partial charge in [-0.1, -0.05) is 70.2 Å². The van der Waals surface area contributed by atoms with Crippen LogP contribution in [0.1, 0.15) is 45.9 Å². The summed E-state index contributed by atoms with van der Waals surface area (Å²) in [6.45, 7) is 12.5. The summed E-state index contributed by atoms with van der Waals surface area (Å²) >= 11 is 0. The molecule has 1 aliphatic rings. The lowest BCUT2D eigenvalue weighted by Crippen LogP contribution is -2.53. The SMILES string of the molecule is CC[C@@]1(CO)O[C@@H](n2ccc(=O)[nH]c2=O)C(/C=C/c2ccccc2)[C@@H]1O[Si](C)(C)C(C)(C)C. The molecule has 0 amide bonds. The molecule has 2 heterocycles. The number of nitrogens with one attached hydrogen (secondary N) is 1. The van der Waals surface area contributed by atoms with Gasteiger partial charge in [0.25, 0.3) is 5.56 Å². The number of hydrogen-bond acceptors (Lipinski definition) is 5. The van der Waals surface area contributed by atoms with E-state index < -0.39 is 37.5 Å². The van der Waals surface area contributed by atoms with Gasteiger partial charge in [0.2, 0.25) is 0 Å². The van der Waals surface area contributed by atoms with Crippen molar-refractivity contribution in [2.24, 2.45) is 5.92 Å². The van der Waals surface area contributed by atoms with E-state index in [1.54, 1.807) is 0 Å². The molecule has 8 heteroatoms. The number of H-pyrrole nitrogens is 1. The zero-order valence-corrected chi connectivity index (χ0v) is 21.4. The zero-order chi connectivity index (χ0) is 24.4. The van der Waals surface area contributed by atoms with Crippen LogP contribution >= 0.6 is 0 Å². The molecule has 0 radical (unpaired) electrons. The van der Waals surface area contributed by atoms with Gasteiger partial charge in [-0.3, -0.25) is 14.3 Å². The molecule has 180 valence electrons. The summed E-state index contributed by atoms with van der Waals surface area (Å²) < 4.78 is 14.7. The molecule has 33 heavy (non-hydrogen) atoms. The average Bonchev–Trinajstić information content (AvgIpc) is 3.05. The van der Waals surface area contributed by atoms with Crippen LogP contribution in [0.4, 0.5) is 0 Å². The molecule has 0 bridgehead atoms. The monoisotopic (exact) mass is 472 g/mol. The van der Waals surface area contributed by atoms with Crippen molar-refractivity contribution in [2.45, 2.75) is 70.2 Å². The number of benzene rings is 1. The molecular weight excluding hydrogens is 436 g/mol. The van der Waals surface area contributed by atoms with E-state index in [0.717, 1.165) is 5.56 Å². The molecule has 7 nitrogen and oxygen atoms in total. The number of aliphatic hydroxyl groups excluding tert-OH is 1. The van der Waals surface area contributed by atoms with Crippen LogP contribution in [0.2, 0.25) is 18.1 Å². The third kappa shape index (κ3) is 5.14. The van der Waals surface area contributed by atoms with Crippen molar-refractivity contribution >= 4 is 14.4 Å². The van der Waals surface area contributed by atoms with Crippen LogP contribution in [-0.2, 0) is 9.16 Å². The van der Waals surface area contributed by atoms with Gasteiger partial charge in [-0.15, -0.1) is 0 Å². The van der Waals surface area contributed by atoms with Gasteiger partial charge in [-0.25, -0.2) is 4.79 Å². The highest BCUT2D eigenvalue weighted by molar-refractivity contribution is 6.74. The highest BCUT2D eigenvalue weighted by Crippen LogP contribution is 2.49. The van der Waals surface area contributed by atoms with Crippen LogP contribution in [0.25, 0.3) is 6.08 Å². The standard InChI is InChI=1S/C25H36N2O5Si/c1-7-25(17-28)21(32-33(5,6)24(2,3)4)19(14-13-18-11-9-8-10-12-18)22(31-25)27-16-15-20(29)26-23(27)30/h8-16,19,21-22,28H,7,17H2,1-6H3,(H,26,29,30)/b14-13+/t19?,21-,22+,25-/m0/s1. The average molecular weight is 473 g/mol. The second kappa shape index (κ2) is 9.54. The number of hydrogen-bond donors (Lipinski definition) is 2. The summed E-state index contributed by atoms with van der Waals surface area (Å²) in [7, 11) is -2.26. The van der Waals surface area contributed by atoms with E-state index in [4.69, 9.17) is 9.16 Å². The van der Waals surface area contributed by atoms with Crippen LogP contribution in [0.15, 0.2) is 58.3 Å². The lowest BCUT2D eigenvalue weighted by atomic mass is 9.87. The molecular formula is C25H36N2O5Si. The molecule has 1 aliphatic heterocycles. The van der Waals surface area contributed by atoms with Crippen molar-refractivity contribution in [1.29, 1.82) is 0 Å². The fraction of sp³-hybridized carbons (Fsp3) is 0.520. The van der Waals surface area contributed by atoms with Crippen molar-refractivity contribution in [2.75, 3.05) is 6.61 Å². The first-order chi connectivity index (χ1) is 15.4. The number of nitrogens with zero attached hydrogens (tertiary/aromatic N) is 1. The van der Waals surface area contributed by atoms with E-state index in [-0.39, 0.29) is 17.6 Å². The number of rotatable bonds is 7. The Kier molecular flexibility index (Phi) is 7.33. The second-order valence-corrected chi connectivity index (χ2v) is 15.0.